The van der Waals surface area contributed by atoms with E-state index in [1.807, 2.05) is 0 Å². The van der Waals surface area contributed by atoms with Crippen LogP contribution in [0.3, 0.4) is 0 Å². The molecule has 1 aromatic rings. The molecule has 0 aromatic carbocycles. The van der Waals surface area contributed by atoms with Gasteiger partial charge in [-0.05, 0) is 42.9 Å². The molecule has 1 amide bonds. The van der Waals surface area contributed by atoms with Gasteiger partial charge in [0.25, 0.3) is 0 Å². The van der Waals surface area contributed by atoms with E-state index in [0.29, 0.717) is 18.7 Å². The van der Waals surface area contributed by atoms with E-state index >= 15 is 0 Å². The van der Waals surface area contributed by atoms with E-state index < -0.39 is 11.9 Å². The van der Waals surface area contributed by atoms with E-state index in [-0.39, 0.29) is 5.92 Å². The summed E-state index contributed by atoms with van der Waals surface area (Å²) >= 11 is 0. The molecule has 1 aliphatic rings. The normalized spacial score (nSPS) is 17.6. The number of piperidine rings is 1. The SMILES string of the molecule is Cc1cc(C(F)(F)F)ncc1C1CCN(C=O)CC1. The molecule has 3 nitrogen and oxygen atoms in total. The summed E-state index contributed by atoms with van der Waals surface area (Å²) in [7, 11) is 0. The number of pyridine rings is 1. The Morgan fingerprint density at radius 3 is 2.47 bits per heavy atom. The van der Waals surface area contributed by atoms with Crippen LogP contribution in [0.4, 0.5) is 13.2 Å². The van der Waals surface area contributed by atoms with Gasteiger partial charge in [-0.25, -0.2) is 0 Å². The molecule has 0 saturated carbocycles. The number of nitrogens with zero attached hydrogens (tertiary/aromatic N) is 2. The zero-order chi connectivity index (χ0) is 14.0. The van der Waals surface area contributed by atoms with Crippen LogP contribution in [0.15, 0.2) is 12.3 Å². The van der Waals surface area contributed by atoms with Gasteiger partial charge in [0.15, 0.2) is 0 Å². The number of carbonyl (C=O) groups is 1. The second kappa shape index (κ2) is 5.19. The van der Waals surface area contributed by atoms with E-state index in [0.717, 1.165) is 30.9 Å². The third-order valence-corrected chi connectivity index (χ3v) is 3.56. The molecule has 0 atom stereocenters. The van der Waals surface area contributed by atoms with Gasteiger partial charge in [-0.1, -0.05) is 0 Å². The lowest BCUT2D eigenvalue weighted by atomic mass is 9.88. The molecule has 104 valence electrons. The second-order valence-corrected chi connectivity index (χ2v) is 4.84. The maximum absolute atomic E-state index is 12.5. The molecule has 1 saturated heterocycles. The number of hydrogen-bond acceptors (Lipinski definition) is 2. The van der Waals surface area contributed by atoms with Crippen LogP contribution in [-0.4, -0.2) is 29.4 Å². The number of halogens is 3. The predicted octanol–water partition coefficient (Wildman–Crippen LogP) is 2.74. The number of alkyl halides is 3. The van der Waals surface area contributed by atoms with Crippen LogP contribution in [0.25, 0.3) is 0 Å². The molecule has 0 spiro atoms. The lowest BCUT2D eigenvalue weighted by Gasteiger charge is -2.30. The lowest BCUT2D eigenvalue weighted by Crippen LogP contribution is -2.31. The largest absolute Gasteiger partial charge is 0.433 e. The Morgan fingerprint density at radius 2 is 2.00 bits per heavy atom. The Labute approximate surface area is 109 Å². The van der Waals surface area contributed by atoms with E-state index in [1.54, 1.807) is 11.8 Å². The lowest BCUT2D eigenvalue weighted by molar-refractivity contribution is -0.141. The van der Waals surface area contributed by atoms with Crippen molar-refractivity contribution in [3.05, 3.63) is 29.1 Å². The first kappa shape index (κ1) is 13.8. The van der Waals surface area contributed by atoms with Crippen molar-refractivity contribution < 1.29 is 18.0 Å². The van der Waals surface area contributed by atoms with Crippen LogP contribution in [0.1, 0.15) is 35.6 Å². The van der Waals surface area contributed by atoms with Crippen LogP contribution in [0.2, 0.25) is 0 Å². The van der Waals surface area contributed by atoms with Crippen LogP contribution in [-0.2, 0) is 11.0 Å². The van der Waals surface area contributed by atoms with E-state index in [1.165, 1.54) is 6.20 Å². The molecular formula is C13H15F3N2O. The standard InChI is InChI=1S/C13H15F3N2O/c1-9-6-12(13(14,15)16)17-7-11(9)10-2-4-18(8-19)5-3-10/h6-8,10H,2-5H2,1H3. The topological polar surface area (TPSA) is 33.2 Å². The number of rotatable bonds is 2. The maximum Gasteiger partial charge on any atom is 0.433 e. The minimum atomic E-state index is -4.40. The molecule has 6 heteroatoms. The first-order valence-electron chi connectivity index (χ1n) is 6.15. The zero-order valence-corrected chi connectivity index (χ0v) is 10.6. The van der Waals surface area contributed by atoms with Gasteiger partial charge in [0.2, 0.25) is 6.41 Å². The Balaban J connectivity index is 2.16. The van der Waals surface area contributed by atoms with Crippen LogP contribution in [0.5, 0.6) is 0 Å². The van der Waals surface area contributed by atoms with Gasteiger partial charge < -0.3 is 4.90 Å². The number of likely N-dealkylation sites (tertiary alicyclic amines) is 1. The molecule has 19 heavy (non-hydrogen) atoms. The molecule has 0 N–H and O–H groups in total. The van der Waals surface area contributed by atoms with E-state index in [4.69, 9.17) is 0 Å². The molecule has 2 heterocycles. The van der Waals surface area contributed by atoms with Crippen molar-refractivity contribution in [2.75, 3.05) is 13.1 Å². The predicted molar refractivity (Wildman–Crippen MR) is 63.6 cm³/mol. The highest BCUT2D eigenvalue weighted by Gasteiger charge is 2.33. The Bertz CT molecular complexity index is 465. The zero-order valence-electron chi connectivity index (χ0n) is 10.6. The van der Waals surface area contributed by atoms with Crippen molar-refractivity contribution in [3.8, 4) is 0 Å². The number of amides is 1. The molecule has 0 unspecified atom stereocenters. The Morgan fingerprint density at radius 1 is 1.37 bits per heavy atom. The highest BCUT2D eigenvalue weighted by molar-refractivity contribution is 5.47. The monoisotopic (exact) mass is 272 g/mol. The maximum atomic E-state index is 12.5. The minimum Gasteiger partial charge on any atom is -0.345 e. The summed E-state index contributed by atoms with van der Waals surface area (Å²) in [6.07, 6.45) is -0.711. The molecule has 2 rings (SSSR count). The summed E-state index contributed by atoms with van der Waals surface area (Å²) in [6.45, 7) is 2.97. The van der Waals surface area contributed by atoms with Crippen molar-refractivity contribution in [1.82, 2.24) is 9.88 Å². The third kappa shape index (κ3) is 3.05. The number of aryl methyl sites for hydroxylation is 1. The highest BCUT2D eigenvalue weighted by atomic mass is 19.4. The molecule has 0 radical (unpaired) electrons. The first-order valence-corrected chi connectivity index (χ1v) is 6.15. The molecule has 1 aliphatic heterocycles. The van der Waals surface area contributed by atoms with Gasteiger partial charge in [0, 0.05) is 19.3 Å². The van der Waals surface area contributed by atoms with Gasteiger partial charge >= 0.3 is 6.18 Å². The quantitative estimate of drug-likeness (QED) is 0.776. The van der Waals surface area contributed by atoms with Crippen LogP contribution in [0, 0.1) is 6.92 Å². The highest BCUT2D eigenvalue weighted by Crippen LogP contribution is 2.33. The molecule has 0 aliphatic carbocycles. The summed E-state index contributed by atoms with van der Waals surface area (Å²) in [5, 5.41) is 0. The van der Waals surface area contributed by atoms with Crippen molar-refractivity contribution in [2.24, 2.45) is 0 Å². The van der Waals surface area contributed by atoms with E-state index in [9.17, 15) is 18.0 Å². The fourth-order valence-corrected chi connectivity index (χ4v) is 2.46. The average molecular weight is 272 g/mol. The molecule has 1 aromatic heterocycles. The number of carbonyl (C=O) groups excluding carboxylic acids is 1. The first-order chi connectivity index (χ1) is 8.91. The van der Waals surface area contributed by atoms with Gasteiger partial charge in [-0.3, -0.25) is 9.78 Å². The van der Waals surface area contributed by atoms with Gasteiger partial charge in [-0.2, -0.15) is 13.2 Å². The summed E-state index contributed by atoms with van der Waals surface area (Å²) in [6, 6.07) is 1.10. The van der Waals surface area contributed by atoms with Crippen LogP contribution < -0.4 is 0 Å². The Hall–Kier alpha value is -1.59. The van der Waals surface area contributed by atoms with Crippen LogP contribution >= 0.6 is 0 Å². The Kier molecular flexibility index (Phi) is 3.78. The van der Waals surface area contributed by atoms with E-state index in [2.05, 4.69) is 4.98 Å². The molecule has 0 bridgehead atoms. The minimum absolute atomic E-state index is 0.186. The fourth-order valence-electron chi connectivity index (χ4n) is 2.46. The third-order valence-electron chi connectivity index (χ3n) is 3.56. The molecule has 1 fully saturated rings. The van der Waals surface area contributed by atoms with Crippen molar-refractivity contribution in [2.45, 2.75) is 31.9 Å². The van der Waals surface area contributed by atoms with Crippen molar-refractivity contribution in [1.29, 1.82) is 0 Å². The van der Waals surface area contributed by atoms with Gasteiger partial charge in [0.1, 0.15) is 5.69 Å². The second-order valence-electron chi connectivity index (χ2n) is 4.84. The number of hydrogen-bond donors (Lipinski definition) is 0. The average Bonchev–Trinajstić information content (AvgIpc) is 2.38. The van der Waals surface area contributed by atoms with Crippen molar-refractivity contribution >= 4 is 6.41 Å². The summed E-state index contributed by atoms with van der Waals surface area (Å²) in [5.41, 5.74) is 0.629. The van der Waals surface area contributed by atoms with Gasteiger partial charge in [0.05, 0.1) is 0 Å². The summed E-state index contributed by atoms with van der Waals surface area (Å²) in [4.78, 5) is 15.8. The van der Waals surface area contributed by atoms with Crippen molar-refractivity contribution in [3.63, 3.8) is 0 Å². The summed E-state index contributed by atoms with van der Waals surface area (Å²) < 4.78 is 37.6. The smallest absolute Gasteiger partial charge is 0.345 e. The summed E-state index contributed by atoms with van der Waals surface area (Å²) in [5.74, 6) is 0.186. The van der Waals surface area contributed by atoms with Gasteiger partial charge in [-0.15, -0.1) is 0 Å². The fraction of sp³-hybridized carbons (Fsp3) is 0.538. The number of aromatic nitrogens is 1. The molecular weight excluding hydrogens is 257 g/mol.